The van der Waals surface area contributed by atoms with Gasteiger partial charge in [0.05, 0.1) is 5.92 Å². The summed E-state index contributed by atoms with van der Waals surface area (Å²) in [6.07, 6.45) is -4.64. The van der Waals surface area contributed by atoms with Gasteiger partial charge in [0.15, 0.2) is 0 Å². The number of nitrogens with zero attached hydrogens (tertiary/aromatic N) is 1. The van der Waals surface area contributed by atoms with Gasteiger partial charge >= 0.3 is 12.1 Å². The molecule has 0 bridgehead atoms. The van der Waals surface area contributed by atoms with E-state index in [2.05, 4.69) is 12.6 Å². The zero-order valence-corrected chi connectivity index (χ0v) is 10.4. The van der Waals surface area contributed by atoms with Crippen LogP contribution < -0.4 is 0 Å². The van der Waals surface area contributed by atoms with Crippen LogP contribution in [0.5, 0.6) is 0 Å². The summed E-state index contributed by atoms with van der Waals surface area (Å²) in [6.45, 7) is 0.377. The van der Waals surface area contributed by atoms with E-state index in [-0.39, 0.29) is 25.9 Å². The fraction of sp³-hybridized carbons (Fsp3) is 0.800. The molecule has 104 valence electrons. The fourth-order valence-electron chi connectivity index (χ4n) is 1.79. The molecule has 4 nitrogen and oxygen atoms in total. The van der Waals surface area contributed by atoms with E-state index in [0.29, 0.717) is 0 Å². The Morgan fingerprint density at radius 3 is 2.22 bits per heavy atom. The number of likely N-dealkylation sites (tertiary alicyclic amines) is 1. The fourth-order valence-corrected chi connectivity index (χ4v) is 1.94. The highest BCUT2D eigenvalue weighted by atomic mass is 32.1. The number of alkyl halides is 3. The Morgan fingerprint density at radius 1 is 1.33 bits per heavy atom. The Hall–Kier alpha value is -0.920. The van der Waals surface area contributed by atoms with Crippen LogP contribution in [0.3, 0.4) is 0 Å². The van der Waals surface area contributed by atoms with Gasteiger partial charge in [-0.3, -0.25) is 9.59 Å². The first kappa shape index (κ1) is 15.1. The Kier molecular flexibility index (Phi) is 4.89. The molecule has 0 radical (unpaired) electrons. The summed E-state index contributed by atoms with van der Waals surface area (Å²) >= 11 is 3.35. The van der Waals surface area contributed by atoms with Crippen LogP contribution in [0.15, 0.2) is 0 Å². The minimum atomic E-state index is -4.50. The lowest BCUT2D eigenvalue weighted by Gasteiger charge is -2.31. The summed E-state index contributed by atoms with van der Waals surface area (Å²) in [5.74, 6) is -2.07. The smallest absolute Gasteiger partial charge is 0.400 e. The van der Waals surface area contributed by atoms with Gasteiger partial charge in [-0.25, -0.2) is 0 Å². The van der Waals surface area contributed by atoms with Gasteiger partial charge in [-0.05, 0) is 12.8 Å². The van der Waals surface area contributed by atoms with Crippen LogP contribution in [0.25, 0.3) is 0 Å². The van der Waals surface area contributed by atoms with E-state index in [1.54, 1.807) is 0 Å². The summed E-state index contributed by atoms with van der Waals surface area (Å²) in [5, 5.41) is 6.78. The van der Waals surface area contributed by atoms with Crippen LogP contribution in [-0.2, 0) is 9.59 Å². The molecule has 1 N–H and O–H groups in total. The highest BCUT2D eigenvalue weighted by molar-refractivity contribution is 7.81. The molecule has 8 heteroatoms. The van der Waals surface area contributed by atoms with E-state index in [4.69, 9.17) is 5.11 Å². The molecule has 1 atom stereocenters. The number of halogens is 3. The van der Waals surface area contributed by atoms with Crippen LogP contribution in [-0.4, -0.2) is 46.4 Å². The Balaban J connectivity index is 2.43. The quantitative estimate of drug-likeness (QED) is 0.774. The van der Waals surface area contributed by atoms with Crippen molar-refractivity contribution in [2.45, 2.75) is 30.7 Å². The van der Waals surface area contributed by atoms with Gasteiger partial charge in [0, 0.05) is 19.5 Å². The molecule has 1 heterocycles. The molecule has 1 saturated heterocycles. The molecule has 0 aromatic carbocycles. The Labute approximate surface area is 108 Å². The topological polar surface area (TPSA) is 57.6 Å². The maximum atomic E-state index is 12.2. The minimum absolute atomic E-state index is 0.189. The number of carboxylic acid groups (broad SMARTS) is 1. The number of amides is 1. The highest BCUT2D eigenvalue weighted by Crippen LogP contribution is 2.28. The lowest BCUT2D eigenvalue weighted by Crippen LogP contribution is -2.42. The van der Waals surface area contributed by atoms with Crippen LogP contribution >= 0.6 is 12.6 Å². The van der Waals surface area contributed by atoms with Crippen LogP contribution in [0, 0.1) is 5.92 Å². The molecule has 0 aromatic rings. The summed E-state index contributed by atoms with van der Waals surface area (Å²) in [4.78, 5) is 23.5. The standard InChI is InChI=1S/C10H14F3NO3S/c11-10(12,13)7(18)5-8(15)14-3-1-6(2-4-14)9(16)17/h6-7,18H,1-5H2,(H,16,17). The van der Waals surface area contributed by atoms with Crippen molar-refractivity contribution >= 4 is 24.5 Å². The van der Waals surface area contributed by atoms with Crippen LogP contribution in [0.1, 0.15) is 19.3 Å². The number of piperidine rings is 1. The number of carboxylic acids is 1. The van der Waals surface area contributed by atoms with Crippen molar-refractivity contribution in [1.29, 1.82) is 0 Å². The number of rotatable bonds is 3. The van der Waals surface area contributed by atoms with E-state index in [9.17, 15) is 22.8 Å². The highest BCUT2D eigenvalue weighted by Gasteiger charge is 2.39. The Morgan fingerprint density at radius 2 is 1.83 bits per heavy atom. The number of carbonyl (C=O) groups excluding carboxylic acids is 1. The SMILES string of the molecule is O=C(O)C1CCN(C(=O)CC(S)C(F)(F)F)CC1. The van der Waals surface area contributed by atoms with Gasteiger partial charge in [-0.2, -0.15) is 25.8 Å². The van der Waals surface area contributed by atoms with Crippen molar-refractivity contribution in [3.05, 3.63) is 0 Å². The van der Waals surface area contributed by atoms with Gasteiger partial charge in [-0.15, -0.1) is 0 Å². The second-order valence-electron chi connectivity index (χ2n) is 4.25. The average molecular weight is 285 g/mol. The summed E-state index contributed by atoms with van der Waals surface area (Å²) in [5.41, 5.74) is 0. The van der Waals surface area contributed by atoms with Crippen LogP contribution in [0.4, 0.5) is 13.2 Å². The summed E-state index contributed by atoms with van der Waals surface area (Å²) in [6, 6.07) is 0. The van der Waals surface area contributed by atoms with Crippen LogP contribution in [0.2, 0.25) is 0 Å². The maximum Gasteiger partial charge on any atom is 0.400 e. The van der Waals surface area contributed by atoms with E-state index in [0.717, 1.165) is 0 Å². The molecule has 0 aliphatic carbocycles. The molecule has 1 aliphatic heterocycles. The number of hydrogen-bond acceptors (Lipinski definition) is 3. The third-order valence-corrected chi connectivity index (χ3v) is 3.42. The molecular formula is C10H14F3NO3S. The normalized spacial score (nSPS) is 19.7. The number of aliphatic carboxylic acids is 1. The van der Waals surface area contributed by atoms with Crippen molar-refractivity contribution < 1.29 is 27.9 Å². The monoisotopic (exact) mass is 285 g/mol. The average Bonchev–Trinajstić information content (AvgIpc) is 2.27. The summed E-state index contributed by atoms with van der Waals surface area (Å²) in [7, 11) is 0. The molecule has 0 aromatic heterocycles. The lowest BCUT2D eigenvalue weighted by molar-refractivity contribution is -0.149. The van der Waals surface area contributed by atoms with E-state index >= 15 is 0 Å². The molecule has 1 aliphatic rings. The first-order chi connectivity index (χ1) is 8.21. The largest absolute Gasteiger partial charge is 0.481 e. The van der Waals surface area contributed by atoms with Crippen molar-refractivity contribution in [1.82, 2.24) is 4.90 Å². The third-order valence-electron chi connectivity index (χ3n) is 2.94. The Bertz CT molecular complexity index is 327. The maximum absolute atomic E-state index is 12.2. The molecule has 0 spiro atoms. The zero-order valence-electron chi connectivity index (χ0n) is 9.48. The second kappa shape index (κ2) is 5.81. The molecular weight excluding hydrogens is 271 g/mol. The number of thiol groups is 1. The number of carbonyl (C=O) groups is 2. The lowest BCUT2D eigenvalue weighted by atomic mass is 9.97. The van der Waals surface area contributed by atoms with Crippen molar-refractivity contribution in [2.75, 3.05) is 13.1 Å². The molecule has 1 fully saturated rings. The predicted molar refractivity (Wildman–Crippen MR) is 60.4 cm³/mol. The first-order valence-electron chi connectivity index (χ1n) is 5.47. The first-order valence-corrected chi connectivity index (χ1v) is 5.99. The van der Waals surface area contributed by atoms with Gasteiger partial charge in [-0.1, -0.05) is 0 Å². The van der Waals surface area contributed by atoms with Gasteiger partial charge in [0.25, 0.3) is 0 Å². The van der Waals surface area contributed by atoms with Crippen molar-refractivity contribution in [3.8, 4) is 0 Å². The van der Waals surface area contributed by atoms with Crippen molar-refractivity contribution in [2.24, 2.45) is 5.92 Å². The third kappa shape index (κ3) is 4.08. The molecule has 0 saturated carbocycles. The zero-order chi connectivity index (χ0) is 13.9. The number of hydrogen-bond donors (Lipinski definition) is 2. The van der Waals surface area contributed by atoms with E-state index in [1.165, 1.54) is 4.90 Å². The molecule has 1 rings (SSSR count). The van der Waals surface area contributed by atoms with E-state index < -0.39 is 35.6 Å². The van der Waals surface area contributed by atoms with Gasteiger partial charge in [0.2, 0.25) is 5.91 Å². The molecule has 18 heavy (non-hydrogen) atoms. The minimum Gasteiger partial charge on any atom is -0.481 e. The van der Waals surface area contributed by atoms with Gasteiger partial charge < -0.3 is 10.0 Å². The second-order valence-corrected chi connectivity index (χ2v) is 4.88. The molecule has 1 amide bonds. The van der Waals surface area contributed by atoms with Gasteiger partial charge in [0.1, 0.15) is 5.25 Å². The summed E-state index contributed by atoms with van der Waals surface area (Å²) < 4.78 is 36.7. The predicted octanol–water partition coefficient (Wildman–Crippen LogP) is 1.56. The van der Waals surface area contributed by atoms with E-state index in [1.807, 2.05) is 0 Å². The van der Waals surface area contributed by atoms with Crippen molar-refractivity contribution in [3.63, 3.8) is 0 Å². The molecule has 1 unspecified atom stereocenters.